The zero-order valence-corrected chi connectivity index (χ0v) is 17.4. The predicted molar refractivity (Wildman–Crippen MR) is 115 cm³/mol. The maximum atomic E-state index is 12.6. The Bertz CT molecular complexity index is 972. The number of carbonyl (C=O) groups excluding carboxylic acids is 1. The van der Waals surface area contributed by atoms with Gasteiger partial charge >= 0.3 is 0 Å². The zero-order chi connectivity index (χ0) is 20.1. The topological polar surface area (TPSA) is 72.7 Å². The monoisotopic (exact) mass is 407 g/mol. The minimum absolute atomic E-state index is 0.0354. The quantitative estimate of drug-likeness (QED) is 0.599. The fourth-order valence-corrected chi connectivity index (χ4v) is 4.58. The molecule has 1 atom stereocenters. The highest BCUT2D eigenvalue weighted by Gasteiger charge is 2.22. The Hall–Kier alpha value is -2.67. The largest absolute Gasteiger partial charge is 0.349 e. The van der Waals surface area contributed by atoms with Crippen LogP contribution >= 0.6 is 11.8 Å². The van der Waals surface area contributed by atoms with Crippen LogP contribution in [0.25, 0.3) is 11.4 Å². The van der Waals surface area contributed by atoms with Crippen molar-refractivity contribution >= 4 is 17.7 Å². The molecule has 3 aromatic rings. The number of hydrogen-bond acceptors (Lipinski definition) is 5. The molecule has 29 heavy (non-hydrogen) atoms. The van der Waals surface area contributed by atoms with Crippen molar-refractivity contribution < 1.29 is 4.79 Å². The van der Waals surface area contributed by atoms with E-state index < -0.39 is 0 Å². The van der Waals surface area contributed by atoms with Gasteiger partial charge in [0.05, 0.1) is 11.8 Å². The van der Waals surface area contributed by atoms with Gasteiger partial charge in [-0.25, -0.2) is 0 Å². The molecule has 0 saturated heterocycles. The van der Waals surface area contributed by atoms with Gasteiger partial charge in [0, 0.05) is 24.5 Å². The maximum Gasteiger partial charge on any atom is 0.230 e. The van der Waals surface area contributed by atoms with Crippen molar-refractivity contribution in [2.45, 2.75) is 50.4 Å². The summed E-state index contributed by atoms with van der Waals surface area (Å²) in [5, 5.41) is 12.7. The van der Waals surface area contributed by atoms with E-state index in [9.17, 15) is 4.79 Å². The van der Waals surface area contributed by atoms with Crippen LogP contribution in [0.4, 0.5) is 0 Å². The van der Waals surface area contributed by atoms with E-state index in [4.69, 9.17) is 0 Å². The van der Waals surface area contributed by atoms with Gasteiger partial charge < -0.3 is 9.88 Å². The molecule has 4 rings (SSSR count). The first-order valence-electron chi connectivity index (χ1n) is 10.1. The van der Waals surface area contributed by atoms with Gasteiger partial charge in [0.2, 0.25) is 5.91 Å². The molecule has 0 saturated carbocycles. The highest BCUT2D eigenvalue weighted by atomic mass is 32.2. The summed E-state index contributed by atoms with van der Waals surface area (Å²) in [5.41, 5.74) is 3.59. The number of carbonyl (C=O) groups is 1. The van der Waals surface area contributed by atoms with Gasteiger partial charge in [0.25, 0.3) is 0 Å². The summed E-state index contributed by atoms with van der Waals surface area (Å²) in [6.45, 7) is 2.93. The second-order valence-corrected chi connectivity index (χ2v) is 8.14. The van der Waals surface area contributed by atoms with Crippen LogP contribution in [0.5, 0.6) is 0 Å². The van der Waals surface area contributed by atoms with E-state index >= 15 is 0 Å². The normalized spacial score (nSPS) is 15.7. The Morgan fingerprint density at radius 1 is 1.21 bits per heavy atom. The molecule has 1 aromatic carbocycles. The second kappa shape index (κ2) is 9.22. The highest BCUT2D eigenvalue weighted by Crippen LogP contribution is 2.30. The lowest BCUT2D eigenvalue weighted by molar-refractivity contribution is -0.119. The van der Waals surface area contributed by atoms with Gasteiger partial charge in [0.15, 0.2) is 11.0 Å². The number of fused-ring (bicyclic) bond motifs is 1. The van der Waals surface area contributed by atoms with Crippen LogP contribution in [-0.4, -0.2) is 31.4 Å². The number of aryl methyl sites for hydroxylation is 1. The molecule has 7 heteroatoms. The summed E-state index contributed by atoms with van der Waals surface area (Å²) < 4.78 is 2.09. The average molecular weight is 408 g/mol. The molecule has 1 N–H and O–H groups in total. The molecule has 0 unspecified atom stereocenters. The van der Waals surface area contributed by atoms with Crippen molar-refractivity contribution in [2.24, 2.45) is 0 Å². The van der Waals surface area contributed by atoms with Gasteiger partial charge in [-0.2, -0.15) is 0 Å². The molecular formula is C22H25N5OS. The number of aromatic nitrogens is 4. The molecule has 0 bridgehead atoms. The third kappa shape index (κ3) is 4.50. The van der Waals surface area contributed by atoms with E-state index in [1.807, 2.05) is 18.2 Å². The summed E-state index contributed by atoms with van der Waals surface area (Å²) in [7, 11) is 0. The smallest absolute Gasteiger partial charge is 0.230 e. The Balaban J connectivity index is 1.43. The summed E-state index contributed by atoms with van der Waals surface area (Å²) in [4.78, 5) is 16.7. The van der Waals surface area contributed by atoms with Crippen LogP contribution in [0, 0.1) is 0 Å². The Kier molecular flexibility index (Phi) is 6.24. The van der Waals surface area contributed by atoms with Crippen LogP contribution in [-0.2, 0) is 17.8 Å². The molecule has 2 heterocycles. The summed E-state index contributed by atoms with van der Waals surface area (Å²) in [6.07, 6.45) is 7.66. The van der Waals surface area contributed by atoms with Crippen LogP contribution in [0.15, 0.2) is 53.9 Å². The van der Waals surface area contributed by atoms with E-state index in [2.05, 4.69) is 50.2 Å². The molecule has 2 aromatic heterocycles. The van der Waals surface area contributed by atoms with Crippen molar-refractivity contribution in [1.82, 2.24) is 25.1 Å². The number of nitrogens with zero attached hydrogens (tertiary/aromatic N) is 4. The number of thioether (sulfide) groups is 1. The first kappa shape index (κ1) is 19.6. The fraction of sp³-hybridized carbons (Fsp3) is 0.364. The van der Waals surface area contributed by atoms with Gasteiger partial charge in [-0.3, -0.25) is 9.78 Å². The number of amides is 1. The molecule has 6 nitrogen and oxygen atoms in total. The van der Waals surface area contributed by atoms with Gasteiger partial charge in [-0.1, -0.05) is 43.0 Å². The van der Waals surface area contributed by atoms with Gasteiger partial charge in [-0.05, 0) is 48.9 Å². The van der Waals surface area contributed by atoms with Crippen LogP contribution in [0.1, 0.15) is 43.4 Å². The van der Waals surface area contributed by atoms with E-state index in [-0.39, 0.29) is 11.9 Å². The Morgan fingerprint density at radius 3 is 2.86 bits per heavy atom. The fourth-order valence-electron chi connectivity index (χ4n) is 3.81. The number of pyridine rings is 1. The molecule has 150 valence electrons. The lowest BCUT2D eigenvalue weighted by atomic mass is 9.88. The second-order valence-electron chi connectivity index (χ2n) is 7.19. The lowest BCUT2D eigenvalue weighted by Crippen LogP contribution is -2.32. The third-order valence-electron chi connectivity index (χ3n) is 5.14. The molecule has 1 amide bonds. The van der Waals surface area contributed by atoms with Crippen molar-refractivity contribution in [3.8, 4) is 11.4 Å². The summed E-state index contributed by atoms with van der Waals surface area (Å²) >= 11 is 1.44. The molecule has 1 aliphatic rings. The van der Waals surface area contributed by atoms with Crippen LogP contribution < -0.4 is 5.32 Å². The Labute approximate surface area is 175 Å². The zero-order valence-electron chi connectivity index (χ0n) is 16.5. The predicted octanol–water partition coefficient (Wildman–Crippen LogP) is 4.04. The minimum Gasteiger partial charge on any atom is -0.349 e. The standard InChI is InChI=1S/C22H25N5OS/c1-2-14-27-21(17-10-12-23-13-11-17)25-26-22(27)29-15-20(28)24-19-9-5-7-16-6-3-4-8-18(16)19/h3-4,6,8,10-13,19H,2,5,7,9,14-15H2,1H3,(H,24,28)/t19-/m0/s1. The molecular weight excluding hydrogens is 382 g/mol. The third-order valence-corrected chi connectivity index (χ3v) is 6.11. The van der Waals surface area contributed by atoms with Crippen molar-refractivity contribution in [3.63, 3.8) is 0 Å². The SMILES string of the molecule is CCCn1c(SCC(=O)N[C@H]2CCCc3ccccc32)nnc1-c1ccncc1. The lowest BCUT2D eigenvalue weighted by Gasteiger charge is -2.26. The molecule has 1 aliphatic carbocycles. The van der Waals surface area contributed by atoms with E-state index in [0.717, 1.165) is 48.8 Å². The number of benzene rings is 1. The van der Waals surface area contributed by atoms with E-state index in [1.54, 1.807) is 12.4 Å². The van der Waals surface area contributed by atoms with Crippen molar-refractivity contribution in [1.29, 1.82) is 0 Å². The van der Waals surface area contributed by atoms with E-state index in [1.165, 1.54) is 22.9 Å². The van der Waals surface area contributed by atoms with Crippen LogP contribution in [0.2, 0.25) is 0 Å². The molecule has 0 radical (unpaired) electrons. The van der Waals surface area contributed by atoms with Gasteiger partial charge in [0.1, 0.15) is 0 Å². The Morgan fingerprint density at radius 2 is 2.03 bits per heavy atom. The van der Waals surface area contributed by atoms with Crippen molar-refractivity contribution in [2.75, 3.05) is 5.75 Å². The average Bonchev–Trinajstić information content (AvgIpc) is 3.16. The van der Waals surface area contributed by atoms with Gasteiger partial charge in [-0.15, -0.1) is 10.2 Å². The maximum absolute atomic E-state index is 12.6. The summed E-state index contributed by atoms with van der Waals surface area (Å²) in [5.74, 6) is 1.18. The number of rotatable bonds is 7. The number of nitrogens with one attached hydrogen (secondary N) is 1. The molecule has 0 spiro atoms. The summed E-state index contributed by atoms with van der Waals surface area (Å²) in [6, 6.07) is 12.4. The van der Waals surface area contributed by atoms with Crippen molar-refractivity contribution in [3.05, 3.63) is 59.9 Å². The van der Waals surface area contributed by atoms with E-state index in [0.29, 0.717) is 5.75 Å². The first-order valence-corrected chi connectivity index (χ1v) is 11.1. The first-order chi connectivity index (χ1) is 14.3. The highest BCUT2D eigenvalue weighted by molar-refractivity contribution is 7.99. The molecule has 0 aliphatic heterocycles. The minimum atomic E-state index is 0.0354. The number of hydrogen-bond donors (Lipinski definition) is 1. The molecule has 0 fully saturated rings. The van der Waals surface area contributed by atoms with Crippen LogP contribution in [0.3, 0.4) is 0 Å².